The molecule has 10 rings (SSSR count). The average molecular weight is 826 g/mol. The van der Waals surface area contributed by atoms with E-state index in [9.17, 15) is 28.0 Å². The summed E-state index contributed by atoms with van der Waals surface area (Å²) in [5.41, 5.74) is 5.88. The number of carbonyl (C=O) groups is 4. The van der Waals surface area contributed by atoms with E-state index in [0.29, 0.717) is 62.5 Å². The molecule has 0 saturated carbocycles. The number of nitrogens with one attached hydrogen (secondary N) is 2. The zero-order chi connectivity index (χ0) is 41.4. The minimum absolute atomic E-state index is 0.0992. The minimum atomic E-state index is -2.65. The van der Waals surface area contributed by atoms with Crippen LogP contribution in [0.25, 0.3) is 10.9 Å². The van der Waals surface area contributed by atoms with Gasteiger partial charge in [-0.25, -0.2) is 17.6 Å². The van der Waals surface area contributed by atoms with Crippen LogP contribution in [0.4, 0.5) is 23.2 Å². The highest BCUT2D eigenvalue weighted by atomic mass is 19.3. The molecule has 0 aliphatic carbocycles. The van der Waals surface area contributed by atoms with Gasteiger partial charge in [0.05, 0.1) is 12.6 Å². The summed E-state index contributed by atoms with van der Waals surface area (Å²) in [6.07, 6.45) is 0.688. The maximum absolute atomic E-state index is 16.2. The van der Waals surface area contributed by atoms with Gasteiger partial charge in [-0.15, -0.1) is 0 Å². The molecule has 3 aromatic carbocycles. The van der Waals surface area contributed by atoms with Gasteiger partial charge in [0.25, 0.3) is 12.3 Å². The largest absolute Gasteiger partial charge is 0.371 e. The number of aromatic amines is 1. The monoisotopic (exact) mass is 825 g/mol. The van der Waals surface area contributed by atoms with Gasteiger partial charge in [-0.1, -0.05) is 24.3 Å². The molecule has 0 bridgehead atoms. The summed E-state index contributed by atoms with van der Waals surface area (Å²) in [7, 11) is 0. The molecule has 6 aliphatic heterocycles. The van der Waals surface area contributed by atoms with Crippen LogP contribution in [-0.4, -0.2) is 106 Å². The molecule has 1 aromatic heterocycles. The van der Waals surface area contributed by atoms with Gasteiger partial charge >= 0.3 is 0 Å². The summed E-state index contributed by atoms with van der Waals surface area (Å²) in [5.74, 6) is -2.17. The van der Waals surface area contributed by atoms with Crippen molar-refractivity contribution in [3.05, 3.63) is 99.2 Å². The molecule has 7 heterocycles. The van der Waals surface area contributed by atoms with Gasteiger partial charge in [0.1, 0.15) is 17.7 Å². The number of amides is 4. The highest BCUT2D eigenvalue weighted by molar-refractivity contribution is 6.05. The Labute approximate surface area is 344 Å². The lowest BCUT2D eigenvalue weighted by atomic mass is 9.91. The molecule has 4 amide bonds. The first-order chi connectivity index (χ1) is 29.0. The average Bonchev–Trinajstić information content (AvgIpc) is 4.02. The van der Waals surface area contributed by atoms with Crippen LogP contribution in [0.2, 0.25) is 0 Å². The summed E-state index contributed by atoms with van der Waals surface area (Å²) in [6, 6.07) is 12.5. The summed E-state index contributed by atoms with van der Waals surface area (Å²) in [6.45, 7) is 4.53. The summed E-state index contributed by atoms with van der Waals surface area (Å²) in [5, 5.41) is 3.28. The van der Waals surface area contributed by atoms with Crippen LogP contribution in [0.1, 0.15) is 82.0 Å². The van der Waals surface area contributed by atoms with Crippen LogP contribution >= 0.6 is 0 Å². The van der Waals surface area contributed by atoms with Crippen molar-refractivity contribution in [1.29, 1.82) is 0 Å². The van der Waals surface area contributed by atoms with E-state index < -0.39 is 42.6 Å². The standard InChI is InChI=1S/C45H47F4N7O4/c46-34-17-30(18-35(47)40(34)42-41-32(10-14-54(42)24-38(48)49)31-3-1-2-4-36(31)50-41)53-13-7-25(20-53)19-52-11-8-26(9-12-52)44(59)55-21-27-15-29-23-56(37-5-6-39(57)51-43(37)58)45(60)33(29)16-28(27)22-55/h1-4,15-18,25-26,37-38,42,50H,5-14,19-24H2,(H,51,57,58)/t25-,37?,42+/m0/s1. The highest BCUT2D eigenvalue weighted by Gasteiger charge is 2.42. The molecule has 3 saturated heterocycles. The molecular weight excluding hydrogens is 779 g/mol. The first-order valence-electron chi connectivity index (χ1n) is 21.1. The molecule has 4 aromatic rings. The minimum Gasteiger partial charge on any atom is -0.371 e. The van der Waals surface area contributed by atoms with Gasteiger partial charge in [0.2, 0.25) is 17.7 Å². The number of hydrogen-bond donors (Lipinski definition) is 2. The Morgan fingerprint density at radius 1 is 0.833 bits per heavy atom. The van der Waals surface area contributed by atoms with Crippen LogP contribution in [0.15, 0.2) is 48.5 Å². The first-order valence-corrected chi connectivity index (χ1v) is 21.1. The van der Waals surface area contributed by atoms with Crippen LogP contribution in [0, 0.1) is 23.5 Å². The third kappa shape index (κ3) is 6.92. The van der Waals surface area contributed by atoms with Crippen molar-refractivity contribution in [3.8, 4) is 0 Å². The lowest BCUT2D eigenvalue weighted by Crippen LogP contribution is -2.52. The Hall–Kier alpha value is -5.28. The van der Waals surface area contributed by atoms with Crippen molar-refractivity contribution >= 4 is 40.2 Å². The van der Waals surface area contributed by atoms with E-state index in [-0.39, 0.29) is 48.1 Å². The van der Waals surface area contributed by atoms with Gasteiger partial charge in [-0.2, -0.15) is 0 Å². The molecule has 1 unspecified atom stereocenters. The fraction of sp³-hybridized carbons (Fsp3) is 0.467. The zero-order valence-corrected chi connectivity index (χ0v) is 33.2. The summed E-state index contributed by atoms with van der Waals surface area (Å²) < 4.78 is 59.8. The number of hydrogen-bond acceptors (Lipinski definition) is 7. The maximum Gasteiger partial charge on any atom is 0.255 e. The third-order valence-corrected chi connectivity index (χ3v) is 13.8. The Kier molecular flexibility index (Phi) is 9.93. The molecule has 3 fully saturated rings. The second-order valence-electron chi connectivity index (χ2n) is 17.5. The number of nitrogens with zero attached hydrogens (tertiary/aromatic N) is 5. The Morgan fingerprint density at radius 3 is 2.33 bits per heavy atom. The van der Waals surface area contributed by atoms with Gasteiger partial charge in [0, 0.05) is 91.6 Å². The number of rotatable bonds is 8. The van der Waals surface area contributed by atoms with Crippen LogP contribution in [0.3, 0.4) is 0 Å². The smallest absolute Gasteiger partial charge is 0.255 e. The fourth-order valence-corrected chi connectivity index (χ4v) is 10.8. The van der Waals surface area contributed by atoms with Gasteiger partial charge in [-0.05, 0) is 97.6 Å². The van der Waals surface area contributed by atoms with Crippen molar-refractivity contribution in [2.24, 2.45) is 11.8 Å². The number of piperidine rings is 2. The number of likely N-dealkylation sites (tertiary alicyclic amines) is 1. The van der Waals surface area contributed by atoms with Crippen molar-refractivity contribution in [3.63, 3.8) is 0 Å². The van der Waals surface area contributed by atoms with Gasteiger partial charge in [0.15, 0.2) is 0 Å². The van der Waals surface area contributed by atoms with E-state index in [1.54, 1.807) is 4.90 Å². The number of alkyl halides is 2. The summed E-state index contributed by atoms with van der Waals surface area (Å²) in [4.78, 5) is 63.8. The van der Waals surface area contributed by atoms with E-state index in [4.69, 9.17) is 0 Å². The second kappa shape index (κ2) is 15.3. The number of aromatic nitrogens is 1. The Morgan fingerprint density at radius 2 is 1.58 bits per heavy atom. The van der Waals surface area contributed by atoms with Crippen molar-refractivity contribution in [1.82, 2.24) is 29.9 Å². The number of fused-ring (bicyclic) bond motifs is 5. The maximum atomic E-state index is 16.2. The van der Waals surface area contributed by atoms with Crippen LogP contribution in [-0.2, 0) is 40.4 Å². The number of halogens is 4. The lowest BCUT2D eigenvalue weighted by molar-refractivity contribution is -0.138. The van der Waals surface area contributed by atoms with Crippen LogP contribution in [0.5, 0.6) is 0 Å². The number of anilines is 1. The van der Waals surface area contributed by atoms with Crippen molar-refractivity contribution in [2.45, 2.75) is 76.7 Å². The molecule has 314 valence electrons. The second-order valence-corrected chi connectivity index (χ2v) is 17.5. The number of para-hydroxylation sites is 1. The molecule has 0 spiro atoms. The van der Waals surface area contributed by atoms with Crippen molar-refractivity contribution < 1.29 is 36.7 Å². The quantitative estimate of drug-likeness (QED) is 0.179. The van der Waals surface area contributed by atoms with E-state index in [2.05, 4.69) is 15.2 Å². The summed E-state index contributed by atoms with van der Waals surface area (Å²) >= 11 is 0. The Bertz CT molecular complexity index is 2390. The van der Waals surface area contributed by atoms with E-state index in [1.165, 1.54) is 17.0 Å². The first kappa shape index (κ1) is 38.9. The highest BCUT2D eigenvalue weighted by Crippen LogP contribution is 2.42. The number of H-pyrrole nitrogens is 1. The van der Waals surface area contributed by atoms with Gasteiger partial charge < -0.3 is 24.6 Å². The van der Waals surface area contributed by atoms with Crippen molar-refractivity contribution in [2.75, 3.05) is 50.7 Å². The molecule has 2 N–H and O–H groups in total. The zero-order valence-electron chi connectivity index (χ0n) is 33.2. The molecule has 15 heteroatoms. The van der Waals surface area contributed by atoms with Gasteiger partial charge in [-0.3, -0.25) is 29.4 Å². The predicted octanol–water partition coefficient (Wildman–Crippen LogP) is 5.50. The molecular formula is C45H47F4N7O4. The molecule has 3 atom stereocenters. The molecule has 11 nitrogen and oxygen atoms in total. The fourth-order valence-electron chi connectivity index (χ4n) is 10.8. The van der Waals surface area contributed by atoms with E-state index in [1.807, 2.05) is 46.2 Å². The molecule has 0 radical (unpaired) electrons. The van der Waals surface area contributed by atoms with E-state index >= 15 is 8.78 Å². The predicted molar refractivity (Wildman–Crippen MR) is 214 cm³/mol. The number of carbonyl (C=O) groups excluding carboxylic acids is 4. The third-order valence-electron chi connectivity index (χ3n) is 13.8. The SMILES string of the molecule is O=C1CCC(N2Cc3cc4c(cc3C2=O)CN(C(=O)C2CCN(C[C@@H]3CCN(c5cc(F)c([C@@H]6c7[nH]c8ccccc8c7CCN6CC(F)F)c(F)c5)C3)CC2)C4)C(=O)N1. The number of imide groups is 1. The lowest BCUT2D eigenvalue weighted by Gasteiger charge is -2.36. The van der Waals surface area contributed by atoms with E-state index in [0.717, 1.165) is 72.1 Å². The Balaban J connectivity index is 0.742. The van der Waals surface area contributed by atoms with Crippen LogP contribution < -0.4 is 10.2 Å². The normalized spacial score (nSPS) is 23.9. The topological polar surface area (TPSA) is 112 Å². The molecule has 60 heavy (non-hydrogen) atoms. The molecule has 6 aliphatic rings. The number of benzene rings is 3.